The van der Waals surface area contributed by atoms with Gasteiger partial charge in [0.1, 0.15) is 5.82 Å². The lowest BCUT2D eigenvalue weighted by Gasteiger charge is -2.06. The van der Waals surface area contributed by atoms with E-state index in [2.05, 4.69) is 15.0 Å². The highest BCUT2D eigenvalue weighted by Crippen LogP contribution is 2.04. The van der Waals surface area contributed by atoms with E-state index in [0.717, 1.165) is 5.56 Å². The van der Waals surface area contributed by atoms with Crippen molar-refractivity contribution in [1.82, 2.24) is 9.71 Å². The third-order valence-corrected chi connectivity index (χ3v) is 3.27. The summed E-state index contributed by atoms with van der Waals surface area (Å²) in [6, 6.07) is 3.75. The van der Waals surface area contributed by atoms with Gasteiger partial charge in [-0.15, -0.1) is 0 Å². The van der Waals surface area contributed by atoms with Crippen LogP contribution in [0.3, 0.4) is 0 Å². The van der Waals surface area contributed by atoms with Crippen LogP contribution < -0.4 is 10.0 Å². The van der Waals surface area contributed by atoms with Gasteiger partial charge in [0, 0.05) is 12.7 Å². The number of hydrogen-bond acceptors (Lipinski definition) is 4. The zero-order valence-electron chi connectivity index (χ0n) is 8.82. The van der Waals surface area contributed by atoms with Crippen LogP contribution in [0.2, 0.25) is 0 Å². The number of aryl methyl sites for hydroxylation is 1. The van der Waals surface area contributed by atoms with Crippen molar-refractivity contribution in [3.05, 3.63) is 23.9 Å². The third-order valence-electron chi connectivity index (χ3n) is 1.90. The van der Waals surface area contributed by atoms with E-state index in [1.807, 2.05) is 19.1 Å². The van der Waals surface area contributed by atoms with Crippen molar-refractivity contribution in [3.8, 4) is 0 Å². The SMILES string of the molecule is CNS(=O)(=O)CCNc1cc(C)ccn1. The van der Waals surface area contributed by atoms with Gasteiger partial charge in [-0.3, -0.25) is 0 Å². The molecule has 0 aliphatic carbocycles. The molecule has 0 radical (unpaired) electrons. The molecular formula is C9H15N3O2S. The lowest BCUT2D eigenvalue weighted by molar-refractivity contribution is 0.588. The molecule has 0 atom stereocenters. The summed E-state index contributed by atoms with van der Waals surface area (Å²) in [6.07, 6.45) is 1.68. The van der Waals surface area contributed by atoms with Crippen molar-refractivity contribution in [2.45, 2.75) is 6.92 Å². The lowest BCUT2D eigenvalue weighted by atomic mass is 10.3. The number of anilines is 1. The zero-order chi connectivity index (χ0) is 11.3. The molecule has 0 amide bonds. The van der Waals surface area contributed by atoms with Gasteiger partial charge in [0.15, 0.2) is 0 Å². The fourth-order valence-electron chi connectivity index (χ4n) is 1.05. The number of hydrogen-bond donors (Lipinski definition) is 2. The summed E-state index contributed by atoms with van der Waals surface area (Å²) in [5.74, 6) is 0.736. The molecule has 0 aromatic carbocycles. The van der Waals surface area contributed by atoms with Gasteiger partial charge in [-0.1, -0.05) is 0 Å². The zero-order valence-corrected chi connectivity index (χ0v) is 9.63. The average Bonchev–Trinajstić information content (AvgIpc) is 2.18. The van der Waals surface area contributed by atoms with Gasteiger partial charge in [-0.2, -0.15) is 0 Å². The van der Waals surface area contributed by atoms with Gasteiger partial charge in [0.25, 0.3) is 0 Å². The van der Waals surface area contributed by atoms with Crippen LogP contribution >= 0.6 is 0 Å². The highest BCUT2D eigenvalue weighted by atomic mass is 32.2. The fourth-order valence-corrected chi connectivity index (χ4v) is 1.62. The van der Waals surface area contributed by atoms with Gasteiger partial charge in [0.2, 0.25) is 10.0 Å². The Morgan fingerprint density at radius 2 is 2.20 bits per heavy atom. The van der Waals surface area contributed by atoms with Crippen LogP contribution in [0.1, 0.15) is 5.56 Å². The van der Waals surface area contributed by atoms with Crippen LogP contribution in [-0.4, -0.2) is 32.7 Å². The molecule has 1 aromatic rings. The smallest absolute Gasteiger partial charge is 0.213 e. The first-order valence-corrected chi connectivity index (χ1v) is 6.26. The second kappa shape index (κ2) is 5.09. The van der Waals surface area contributed by atoms with E-state index in [-0.39, 0.29) is 5.75 Å². The molecule has 15 heavy (non-hydrogen) atoms. The topological polar surface area (TPSA) is 71.1 Å². The van der Waals surface area contributed by atoms with Crippen LogP contribution in [0, 0.1) is 6.92 Å². The Hall–Kier alpha value is -1.14. The molecule has 0 aliphatic rings. The number of aromatic nitrogens is 1. The number of pyridine rings is 1. The monoisotopic (exact) mass is 229 g/mol. The standard InChI is InChI=1S/C9H15N3O2S/c1-8-3-4-11-9(7-8)12-5-6-15(13,14)10-2/h3-4,7,10H,5-6H2,1-2H3,(H,11,12). The molecule has 0 aliphatic heterocycles. The van der Waals surface area contributed by atoms with Gasteiger partial charge >= 0.3 is 0 Å². The van der Waals surface area contributed by atoms with E-state index in [0.29, 0.717) is 12.4 Å². The quantitative estimate of drug-likeness (QED) is 0.764. The Kier molecular flexibility index (Phi) is 4.05. The Morgan fingerprint density at radius 1 is 1.47 bits per heavy atom. The molecular weight excluding hydrogens is 214 g/mol. The normalized spacial score (nSPS) is 11.3. The maximum absolute atomic E-state index is 11.1. The van der Waals surface area contributed by atoms with Gasteiger partial charge in [0.05, 0.1) is 5.75 Å². The molecule has 0 spiro atoms. The van der Waals surface area contributed by atoms with Gasteiger partial charge < -0.3 is 5.32 Å². The first kappa shape index (κ1) is 11.9. The minimum atomic E-state index is -3.14. The number of rotatable bonds is 5. The largest absolute Gasteiger partial charge is 0.369 e. The van der Waals surface area contributed by atoms with Crippen molar-refractivity contribution in [3.63, 3.8) is 0 Å². The van der Waals surface area contributed by atoms with Crippen LogP contribution in [-0.2, 0) is 10.0 Å². The Labute approximate surface area is 90.0 Å². The Bertz CT molecular complexity index is 417. The molecule has 6 heteroatoms. The molecule has 1 heterocycles. The second-order valence-corrected chi connectivity index (χ2v) is 5.21. The van der Waals surface area contributed by atoms with E-state index in [4.69, 9.17) is 0 Å². The molecule has 5 nitrogen and oxygen atoms in total. The molecule has 1 aromatic heterocycles. The van der Waals surface area contributed by atoms with Crippen LogP contribution in [0.4, 0.5) is 5.82 Å². The molecule has 0 bridgehead atoms. The number of nitrogens with one attached hydrogen (secondary N) is 2. The minimum Gasteiger partial charge on any atom is -0.369 e. The summed E-state index contributed by atoms with van der Waals surface area (Å²) >= 11 is 0. The minimum absolute atomic E-state index is 0.0408. The fraction of sp³-hybridized carbons (Fsp3) is 0.444. The van der Waals surface area contributed by atoms with Crippen molar-refractivity contribution in [1.29, 1.82) is 0 Å². The highest BCUT2D eigenvalue weighted by Gasteiger charge is 2.05. The van der Waals surface area contributed by atoms with E-state index in [9.17, 15) is 8.42 Å². The molecule has 0 saturated carbocycles. The summed E-state index contributed by atoms with van der Waals surface area (Å²) in [6.45, 7) is 2.30. The van der Waals surface area contributed by atoms with Crippen molar-refractivity contribution < 1.29 is 8.42 Å². The second-order valence-electron chi connectivity index (χ2n) is 3.17. The molecule has 0 saturated heterocycles. The van der Waals surface area contributed by atoms with Gasteiger partial charge in [-0.05, 0) is 31.7 Å². The Morgan fingerprint density at radius 3 is 2.80 bits per heavy atom. The predicted molar refractivity (Wildman–Crippen MR) is 60.3 cm³/mol. The van der Waals surface area contributed by atoms with E-state index >= 15 is 0 Å². The maximum Gasteiger partial charge on any atom is 0.213 e. The van der Waals surface area contributed by atoms with E-state index in [1.165, 1.54) is 7.05 Å². The summed E-state index contributed by atoms with van der Waals surface area (Å²) < 4.78 is 24.4. The van der Waals surface area contributed by atoms with Gasteiger partial charge in [-0.25, -0.2) is 18.1 Å². The van der Waals surface area contributed by atoms with Crippen LogP contribution in [0.25, 0.3) is 0 Å². The van der Waals surface area contributed by atoms with Crippen LogP contribution in [0.5, 0.6) is 0 Å². The summed E-state index contributed by atoms with van der Waals surface area (Å²) in [7, 11) is -1.74. The molecule has 84 valence electrons. The first-order chi connectivity index (χ1) is 7.03. The average molecular weight is 229 g/mol. The molecule has 0 unspecified atom stereocenters. The molecule has 1 rings (SSSR count). The molecule has 0 fully saturated rings. The molecule has 2 N–H and O–H groups in total. The number of sulfonamides is 1. The summed E-state index contributed by atoms with van der Waals surface area (Å²) in [5.41, 5.74) is 1.09. The van der Waals surface area contributed by atoms with E-state index < -0.39 is 10.0 Å². The Balaban J connectivity index is 2.45. The summed E-state index contributed by atoms with van der Waals surface area (Å²) in [4.78, 5) is 4.06. The number of nitrogens with zero attached hydrogens (tertiary/aromatic N) is 1. The van der Waals surface area contributed by atoms with Crippen molar-refractivity contribution in [2.24, 2.45) is 0 Å². The van der Waals surface area contributed by atoms with Crippen molar-refractivity contribution >= 4 is 15.8 Å². The first-order valence-electron chi connectivity index (χ1n) is 4.61. The van der Waals surface area contributed by atoms with Crippen molar-refractivity contribution in [2.75, 3.05) is 24.7 Å². The third kappa shape index (κ3) is 4.26. The highest BCUT2D eigenvalue weighted by molar-refractivity contribution is 7.89. The summed E-state index contributed by atoms with van der Waals surface area (Å²) in [5, 5.41) is 2.95. The maximum atomic E-state index is 11.1. The predicted octanol–water partition coefficient (Wildman–Crippen LogP) is 0.351. The van der Waals surface area contributed by atoms with E-state index in [1.54, 1.807) is 6.20 Å². The van der Waals surface area contributed by atoms with Crippen LogP contribution in [0.15, 0.2) is 18.3 Å². The lowest BCUT2D eigenvalue weighted by Crippen LogP contribution is -2.26.